The number of hydrogen-bond donors (Lipinski definition) is 0. The number of aryl methyl sites for hydroxylation is 1. The molecule has 132 valence electrons. The Balaban J connectivity index is 1.83. The molecule has 1 atom stereocenters. The van der Waals surface area contributed by atoms with E-state index in [0.717, 1.165) is 18.4 Å². The van der Waals surface area contributed by atoms with Crippen molar-refractivity contribution in [3.8, 4) is 0 Å². The van der Waals surface area contributed by atoms with Gasteiger partial charge in [0.1, 0.15) is 0 Å². The number of hydrogen-bond acceptors (Lipinski definition) is 4. The standard InChI is InChI=1S/C19H21NO4S/c1-15-10-12-17(13-11-15)25(22,23)20-14-6-5-9-18(20)24-19(21)16-7-3-2-4-8-16/h2-4,7-8,10-13,18H,5-6,9,14H2,1H3. The molecule has 0 spiro atoms. The van der Waals surface area contributed by atoms with E-state index in [1.165, 1.54) is 4.31 Å². The highest BCUT2D eigenvalue weighted by Gasteiger charge is 2.36. The van der Waals surface area contributed by atoms with Crippen LogP contribution >= 0.6 is 0 Å². The summed E-state index contributed by atoms with van der Waals surface area (Å²) in [5, 5.41) is 0. The van der Waals surface area contributed by atoms with Crippen LogP contribution in [0.25, 0.3) is 0 Å². The molecule has 1 unspecified atom stereocenters. The molecule has 0 amide bonds. The van der Waals surface area contributed by atoms with Gasteiger partial charge in [-0.25, -0.2) is 13.2 Å². The second kappa shape index (κ2) is 7.37. The Bertz CT molecular complexity index is 831. The second-order valence-electron chi connectivity index (χ2n) is 6.15. The fourth-order valence-electron chi connectivity index (χ4n) is 2.88. The van der Waals surface area contributed by atoms with Gasteiger partial charge >= 0.3 is 5.97 Å². The van der Waals surface area contributed by atoms with Crippen molar-refractivity contribution in [2.45, 2.75) is 37.3 Å². The van der Waals surface area contributed by atoms with Crippen molar-refractivity contribution in [3.63, 3.8) is 0 Å². The monoisotopic (exact) mass is 359 g/mol. The first kappa shape index (κ1) is 17.6. The normalized spacial score (nSPS) is 18.7. The Morgan fingerprint density at radius 1 is 1.04 bits per heavy atom. The highest BCUT2D eigenvalue weighted by molar-refractivity contribution is 7.89. The van der Waals surface area contributed by atoms with Crippen LogP contribution in [-0.4, -0.2) is 31.5 Å². The van der Waals surface area contributed by atoms with Gasteiger partial charge in [0.05, 0.1) is 10.5 Å². The molecule has 0 N–H and O–H groups in total. The molecule has 2 aromatic carbocycles. The van der Waals surface area contributed by atoms with Crippen molar-refractivity contribution >= 4 is 16.0 Å². The zero-order valence-corrected chi connectivity index (χ0v) is 14.9. The van der Waals surface area contributed by atoms with E-state index in [-0.39, 0.29) is 4.90 Å². The van der Waals surface area contributed by atoms with Crippen molar-refractivity contribution in [1.82, 2.24) is 4.31 Å². The maximum absolute atomic E-state index is 13.0. The fourth-order valence-corrected chi connectivity index (χ4v) is 4.46. The summed E-state index contributed by atoms with van der Waals surface area (Å²) in [6.45, 7) is 2.25. The molecule has 0 saturated carbocycles. The van der Waals surface area contributed by atoms with E-state index in [9.17, 15) is 13.2 Å². The van der Waals surface area contributed by atoms with Gasteiger partial charge in [-0.3, -0.25) is 0 Å². The summed E-state index contributed by atoms with van der Waals surface area (Å²) in [6.07, 6.45) is 1.31. The molecule has 1 heterocycles. The highest BCUT2D eigenvalue weighted by atomic mass is 32.2. The Kier molecular flexibility index (Phi) is 5.20. The lowest BCUT2D eigenvalue weighted by Gasteiger charge is -2.33. The summed E-state index contributed by atoms with van der Waals surface area (Å²) in [4.78, 5) is 12.5. The maximum Gasteiger partial charge on any atom is 0.339 e. The molecular weight excluding hydrogens is 338 g/mol. The Morgan fingerprint density at radius 2 is 1.72 bits per heavy atom. The predicted octanol–water partition coefficient (Wildman–Crippen LogP) is 3.35. The molecule has 25 heavy (non-hydrogen) atoms. The molecule has 1 aliphatic rings. The SMILES string of the molecule is Cc1ccc(S(=O)(=O)N2CCCCC2OC(=O)c2ccccc2)cc1. The molecule has 0 aliphatic carbocycles. The van der Waals surface area contributed by atoms with E-state index < -0.39 is 22.2 Å². The zero-order valence-electron chi connectivity index (χ0n) is 14.1. The molecule has 3 rings (SSSR count). The Labute approximate surface area is 148 Å². The lowest BCUT2D eigenvalue weighted by molar-refractivity contribution is -0.0166. The van der Waals surface area contributed by atoms with Crippen molar-refractivity contribution in [2.24, 2.45) is 0 Å². The van der Waals surface area contributed by atoms with Crippen LogP contribution in [0.4, 0.5) is 0 Å². The molecule has 5 nitrogen and oxygen atoms in total. The van der Waals surface area contributed by atoms with E-state index in [0.29, 0.717) is 18.5 Å². The van der Waals surface area contributed by atoms with Gasteiger partial charge in [0, 0.05) is 6.54 Å². The summed E-state index contributed by atoms with van der Waals surface area (Å²) in [5.74, 6) is -0.503. The molecule has 2 aromatic rings. The summed E-state index contributed by atoms with van der Waals surface area (Å²) in [5.41, 5.74) is 1.41. The Morgan fingerprint density at radius 3 is 2.40 bits per heavy atom. The molecule has 1 saturated heterocycles. The summed E-state index contributed by atoms with van der Waals surface area (Å²) in [6, 6.07) is 15.3. The van der Waals surface area contributed by atoms with Crippen molar-refractivity contribution in [2.75, 3.05) is 6.54 Å². The van der Waals surface area contributed by atoms with Crippen LogP contribution in [0, 0.1) is 6.92 Å². The number of nitrogens with zero attached hydrogens (tertiary/aromatic N) is 1. The van der Waals surface area contributed by atoms with E-state index in [2.05, 4.69) is 0 Å². The third-order valence-electron chi connectivity index (χ3n) is 4.28. The minimum absolute atomic E-state index is 0.223. The zero-order chi connectivity index (χ0) is 17.9. The molecule has 0 radical (unpaired) electrons. The first-order valence-corrected chi connectivity index (χ1v) is 9.77. The van der Waals surface area contributed by atoms with Crippen LogP contribution < -0.4 is 0 Å². The molecule has 6 heteroatoms. The predicted molar refractivity (Wildman–Crippen MR) is 94.6 cm³/mol. The second-order valence-corrected chi connectivity index (χ2v) is 8.04. The Hall–Kier alpha value is -2.18. The number of rotatable bonds is 4. The molecule has 1 fully saturated rings. The van der Waals surface area contributed by atoms with Gasteiger partial charge in [-0.05, 0) is 50.5 Å². The van der Waals surface area contributed by atoms with Crippen LogP contribution in [0.2, 0.25) is 0 Å². The van der Waals surface area contributed by atoms with Gasteiger partial charge in [-0.15, -0.1) is 0 Å². The minimum atomic E-state index is -3.70. The van der Waals surface area contributed by atoms with E-state index in [4.69, 9.17) is 4.74 Å². The van der Waals surface area contributed by atoms with Crippen LogP contribution in [0.1, 0.15) is 35.2 Å². The number of esters is 1. The molecule has 1 aliphatic heterocycles. The average molecular weight is 359 g/mol. The number of sulfonamides is 1. The quantitative estimate of drug-likeness (QED) is 0.786. The van der Waals surface area contributed by atoms with Crippen molar-refractivity contribution in [3.05, 3.63) is 65.7 Å². The fraction of sp³-hybridized carbons (Fsp3) is 0.316. The minimum Gasteiger partial charge on any atom is -0.442 e. The number of piperidine rings is 1. The van der Waals surface area contributed by atoms with Crippen LogP contribution in [-0.2, 0) is 14.8 Å². The van der Waals surface area contributed by atoms with Gasteiger partial charge in [-0.2, -0.15) is 4.31 Å². The summed E-state index contributed by atoms with van der Waals surface area (Å²) in [7, 11) is -3.70. The lowest BCUT2D eigenvalue weighted by atomic mass is 10.1. The highest BCUT2D eigenvalue weighted by Crippen LogP contribution is 2.27. The number of benzene rings is 2. The van der Waals surface area contributed by atoms with E-state index in [1.807, 2.05) is 13.0 Å². The van der Waals surface area contributed by atoms with Gasteiger partial charge in [0.25, 0.3) is 0 Å². The number of carbonyl (C=O) groups is 1. The maximum atomic E-state index is 13.0. The molecular formula is C19H21NO4S. The van der Waals surface area contributed by atoms with Gasteiger partial charge in [0.15, 0.2) is 6.23 Å². The number of ether oxygens (including phenoxy) is 1. The topological polar surface area (TPSA) is 63.7 Å². The third kappa shape index (κ3) is 3.91. The van der Waals surface area contributed by atoms with Gasteiger partial charge in [0.2, 0.25) is 10.0 Å². The third-order valence-corrected chi connectivity index (χ3v) is 6.18. The van der Waals surface area contributed by atoms with Crippen molar-refractivity contribution < 1.29 is 17.9 Å². The number of carbonyl (C=O) groups excluding carboxylic acids is 1. The van der Waals surface area contributed by atoms with E-state index in [1.54, 1.807) is 48.5 Å². The van der Waals surface area contributed by atoms with Gasteiger partial charge < -0.3 is 4.74 Å². The first-order valence-electron chi connectivity index (χ1n) is 8.33. The largest absolute Gasteiger partial charge is 0.442 e. The smallest absolute Gasteiger partial charge is 0.339 e. The summed E-state index contributed by atoms with van der Waals surface area (Å²) >= 11 is 0. The van der Waals surface area contributed by atoms with Crippen LogP contribution in [0.15, 0.2) is 59.5 Å². The lowest BCUT2D eigenvalue weighted by Crippen LogP contribution is -2.46. The summed E-state index contributed by atoms with van der Waals surface area (Å²) < 4.78 is 32.8. The van der Waals surface area contributed by atoms with Gasteiger partial charge in [-0.1, -0.05) is 35.9 Å². The van der Waals surface area contributed by atoms with E-state index >= 15 is 0 Å². The first-order chi connectivity index (χ1) is 12.0. The average Bonchev–Trinajstić information content (AvgIpc) is 2.63. The van der Waals surface area contributed by atoms with Crippen molar-refractivity contribution in [1.29, 1.82) is 0 Å². The van der Waals surface area contributed by atoms with Crippen LogP contribution in [0.3, 0.4) is 0 Å². The van der Waals surface area contributed by atoms with Crippen LogP contribution in [0.5, 0.6) is 0 Å². The molecule has 0 bridgehead atoms. The molecule has 0 aromatic heterocycles.